The summed E-state index contributed by atoms with van der Waals surface area (Å²) >= 11 is 0. The van der Waals surface area contributed by atoms with Crippen LogP contribution in [0.5, 0.6) is 0 Å². The zero-order chi connectivity index (χ0) is 13.0. The first kappa shape index (κ1) is 13.8. The molecule has 0 fully saturated rings. The molecule has 0 radical (unpaired) electrons. The third-order valence-corrected chi connectivity index (χ3v) is 3.22. The number of hydrogen-bond acceptors (Lipinski definition) is 1. The normalized spacial score (nSPS) is 13.1. The highest BCUT2D eigenvalue weighted by Crippen LogP contribution is 2.20. The standard InChI is InChI=1S/C15H22O2/c1-10(2)13-7-5-12(6-8-13)9-14(11(3)4)15(16)17/h5-8,10-11,14H,9H2,1-4H3,(H,16,17). The fourth-order valence-electron chi connectivity index (χ4n) is 1.90. The molecule has 0 saturated heterocycles. The van der Waals surface area contributed by atoms with Crippen LogP contribution in [0.2, 0.25) is 0 Å². The average Bonchev–Trinajstić information content (AvgIpc) is 2.25. The molecule has 1 rings (SSSR count). The van der Waals surface area contributed by atoms with Gasteiger partial charge in [0.2, 0.25) is 0 Å². The van der Waals surface area contributed by atoms with Crippen LogP contribution in [0.15, 0.2) is 24.3 Å². The third-order valence-electron chi connectivity index (χ3n) is 3.22. The Kier molecular flexibility index (Phi) is 4.73. The highest BCUT2D eigenvalue weighted by molar-refractivity contribution is 5.70. The van der Waals surface area contributed by atoms with Crippen LogP contribution in [0, 0.1) is 11.8 Å². The van der Waals surface area contributed by atoms with Gasteiger partial charge in [-0.25, -0.2) is 0 Å². The van der Waals surface area contributed by atoms with E-state index in [-0.39, 0.29) is 11.8 Å². The van der Waals surface area contributed by atoms with E-state index in [1.54, 1.807) is 0 Å². The molecule has 1 N–H and O–H groups in total. The second kappa shape index (κ2) is 5.85. The highest BCUT2D eigenvalue weighted by atomic mass is 16.4. The van der Waals surface area contributed by atoms with Gasteiger partial charge in [-0.3, -0.25) is 4.79 Å². The predicted octanol–water partition coefficient (Wildman–Crippen LogP) is 3.71. The fourth-order valence-corrected chi connectivity index (χ4v) is 1.90. The molecule has 0 spiro atoms. The second-order valence-corrected chi connectivity index (χ2v) is 5.29. The Bertz CT molecular complexity index is 363. The SMILES string of the molecule is CC(C)c1ccc(CC(C(=O)O)C(C)C)cc1. The van der Waals surface area contributed by atoms with Gasteiger partial charge in [0, 0.05) is 0 Å². The van der Waals surface area contributed by atoms with Crippen molar-refractivity contribution in [2.45, 2.75) is 40.0 Å². The first-order chi connectivity index (χ1) is 7.91. The summed E-state index contributed by atoms with van der Waals surface area (Å²) < 4.78 is 0. The Morgan fingerprint density at radius 3 is 2.00 bits per heavy atom. The monoisotopic (exact) mass is 234 g/mol. The zero-order valence-electron chi connectivity index (χ0n) is 11.1. The van der Waals surface area contributed by atoms with E-state index >= 15 is 0 Å². The van der Waals surface area contributed by atoms with E-state index in [1.807, 2.05) is 26.0 Å². The summed E-state index contributed by atoms with van der Waals surface area (Å²) in [6.07, 6.45) is 0.616. The number of benzene rings is 1. The van der Waals surface area contributed by atoms with Crippen LogP contribution in [0.25, 0.3) is 0 Å². The second-order valence-electron chi connectivity index (χ2n) is 5.29. The lowest BCUT2D eigenvalue weighted by Crippen LogP contribution is -2.22. The number of rotatable bonds is 5. The minimum atomic E-state index is -0.701. The Morgan fingerprint density at radius 1 is 1.12 bits per heavy atom. The van der Waals surface area contributed by atoms with Gasteiger partial charge >= 0.3 is 5.97 Å². The molecular weight excluding hydrogens is 212 g/mol. The first-order valence-electron chi connectivity index (χ1n) is 6.23. The van der Waals surface area contributed by atoms with Crippen LogP contribution in [-0.2, 0) is 11.2 Å². The number of carboxylic acid groups (broad SMARTS) is 1. The van der Waals surface area contributed by atoms with Crippen molar-refractivity contribution >= 4 is 5.97 Å². The van der Waals surface area contributed by atoms with Gasteiger partial charge in [0.05, 0.1) is 5.92 Å². The van der Waals surface area contributed by atoms with Gasteiger partial charge in [0.25, 0.3) is 0 Å². The van der Waals surface area contributed by atoms with Crippen LogP contribution < -0.4 is 0 Å². The Hall–Kier alpha value is -1.31. The van der Waals surface area contributed by atoms with Gasteiger partial charge in [-0.15, -0.1) is 0 Å². The molecule has 1 aromatic rings. The maximum absolute atomic E-state index is 11.1. The molecule has 1 atom stereocenters. The van der Waals surface area contributed by atoms with Gasteiger partial charge in [-0.05, 0) is 29.4 Å². The maximum Gasteiger partial charge on any atom is 0.307 e. The molecule has 0 aliphatic carbocycles. The molecular formula is C15H22O2. The molecule has 0 aliphatic rings. The number of carboxylic acids is 1. The molecule has 17 heavy (non-hydrogen) atoms. The van der Waals surface area contributed by atoms with E-state index in [9.17, 15) is 4.79 Å². The topological polar surface area (TPSA) is 37.3 Å². The van der Waals surface area contributed by atoms with E-state index < -0.39 is 5.97 Å². The van der Waals surface area contributed by atoms with Gasteiger partial charge in [-0.2, -0.15) is 0 Å². The van der Waals surface area contributed by atoms with E-state index in [0.29, 0.717) is 12.3 Å². The molecule has 0 heterocycles. The summed E-state index contributed by atoms with van der Waals surface area (Å²) in [6.45, 7) is 8.23. The summed E-state index contributed by atoms with van der Waals surface area (Å²) in [6, 6.07) is 8.29. The summed E-state index contributed by atoms with van der Waals surface area (Å²) in [5.41, 5.74) is 2.40. The van der Waals surface area contributed by atoms with Crippen molar-refractivity contribution in [1.29, 1.82) is 0 Å². The highest BCUT2D eigenvalue weighted by Gasteiger charge is 2.21. The smallest absolute Gasteiger partial charge is 0.307 e. The minimum Gasteiger partial charge on any atom is -0.481 e. The van der Waals surface area contributed by atoms with Crippen LogP contribution in [-0.4, -0.2) is 11.1 Å². The molecule has 0 bridgehead atoms. The number of carbonyl (C=O) groups is 1. The summed E-state index contributed by atoms with van der Waals surface area (Å²) in [5, 5.41) is 9.15. The van der Waals surface area contributed by atoms with E-state index in [2.05, 4.69) is 26.0 Å². The molecule has 0 saturated carbocycles. The summed E-state index contributed by atoms with van der Waals surface area (Å²) in [7, 11) is 0. The van der Waals surface area contributed by atoms with Crippen molar-refractivity contribution in [2.24, 2.45) is 11.8 Å². The maximum atomic E-state index is 11.1. The number of hydrogen-bond donors (Lipinski definition) is 1. The van der Waals surface area contributed by atoms with Gasteiger partial charge in [-0.1, -0.05) is 52.0 Å². The van der Waals surface area contributed by atoms with Gasteiger partial charge in [0.15, 0.2) is 0 Å². The fraction of sp³-hybridized carbons (Fsp3) is 0.533. The van der Waals surface area contributed by atoms with Crippen molar-refractivity contribution in [2.75, 3.05) is 0 Å². The van der Waals surface area contributed by atoms with Crippen LogP contribution in [0.3, 0.4) is 0 Å². The molecule has 0 aromatic heterocycles. The Labute approximate surface area is 104 Å². The summed E-state index contributed by atoms with van der Waals surface area (Å²) in [5.74, 6) is -0.311. The lowest BCUT2D eigenvalue weighted by molar-refractivity contribution is -0.143. The van der Waals surface area contributed by atoms with Crippen molar-refractivity contribution in [3.63, 3.8) is 0 Å². The largest absolute Gasteiger partial charge is 0.481 e. The predicted molar refractivity (Wildman–Crippen MR) is 70.2 cm³/mol. The van der Waals surface area contributed by atoms with Crippen molar-refractivity contribution in [3.05, 3.63) is 35.4 Å². The molecule has 0 amide bonds. The van der Waals surface area contributed by atoms with Crippen LogP contribution >= 0.6 is 0 Å². The minimum absolute atomic E-state index is 0.164. The molecule has 94 valence electrons. The molecule has 0 aliphatic heterocycles. The van der Waals surface area contributed by atoms with E-state index in [1.165, 1.54) is 5.56 Å². The Balaban J connectivity index is 2.77. The van der Waals surface area contributed by atoms with Crippen molar-refractivity contribution < 1.29 is 9.90 Å². The van der Waals surface area contributed by atoms with Crippen LogP contribution in [0.4, 0.5) is 0 Å². The van der Waals surface area contributed by atoms with Gasteiger partial charge < -0.3 is 5.11 Å². The third kappa shape index (κ3) is 3.88. The lowest BCUT2D eigenvalue weighted by atomic mass is 9.88. The molecule has 2 nitrogen and oxygen atoms in total. The molecule has 2 heteroatoms. The van der Waals surface area contributed by atoms with Crippen LogP contribution in [0.1, 0.15) is 44.7 Å². The Morgan fingerprint density at radius 2 is 1.65 bits per heavy atom. The van der Waals surface area contributed by atoms with Crippen molar-refractivity contribution in [1.82, 2.24) is 0 Å². The average molecular weight is 234 g/mol. The zero-order valence-corrected chi connectivity index (χ0v) is 11.1. The quantitative estimate of drug-likeness (QED) is 0.843. The van der Waals surface area contributed by atoms with Crippen molar-refractivity contribution in [3.8, 4) is 0 Å². The molecule has 1 aromatic carbocycles. The first-order valence-corrected chi connectivity index (χ1v) is 6.23. The van der Waals surface area contributed by atoms with Gasteiger partial charge in [0.1, 0.15) is 0 Å². The summed E-state index contributed by atoms with van der Waals surface area (Å²) in [4.78, 5) is 11.1. The van der Waals surface area contributed by atoms with E-state index in [0.717, 1.165) is 5.56 Å². The van der Waals surface area contributed by atoms with E-state index in [4.69, 9.17) is 5.11 Å². The number of aliphatic carboxylic acids is 1. The lowest BCUT2D eigenvalue weighted by Gasteiger charge is -2.16. The molecule has 1 unspecified atom stereocenters.